The molecular weight excluding hydrogens is 458 g/mol. The number of nitrogens with zero attached hydrogens (tertiary/aromatic N) is 5. The Bertz CT molecular complexity index is 1270. The van der Waals surface area contributed by atoms with Gasteiger partial charge in [-0.25, -0.2) is 13.1 Å². The zero-order chi connectivity index (χ0) is 22.8. The molecule has 0 aliphatic carbocycles. The second-order valence-corrected chi connectivity index (χ2v) is 10.9. The van der Waals surface area contributed by atoms with Crippen LogP contribution in [0.2, 0.25) is 0 Å². The fourth-order valence-corrected chi connectivity index (χ4v) is 6.42. The van der Waals surface area contributed by atoms with Gasteiger partial charge in [0.1, 0.15) is 0 Å². The van der Waals surface area contributed by atoms with Crippen molar-refractivity contribution in [2.45, 2.75) is 49.7 Å². The summed E-state index contributed by atoms with van der Waals surface area (Å²) in [6, 6.07) is 11.1. The molecule has 0 saturated carbocycles. The Balaban J connectivity index is 1.38. The van der Waals surface area contributed by atoms with Crippen LogP contribution in [0.4, 0.5) is 0 Å². The summed E-state index contributed by atoms with van der Waals surface area (Å²) < 4.78 is 35.2. The van der Waals surface area contributed by atoms with Crippen LogP contribution in [0.25, 0.3) is 11.5 Å². The van der Waals surface area contributed by atoms with Crippen LogP contribution >= 0.6 is 12.2 Å². The highest BCUT2D eigenvalue weighted by Gasteiger charge is 2.28. The van der Waals surface area contributed by atoms with Gasteiger partial charge >= 0.3 is 0 Å². The Morgan fingerprint density at radius 2 is 1.91 bits per heavy atom. The van der Waals surface area contributed by atoms with E-state index < -0.39 is 10.0 Å². The molecule has 0 spiro atoms. The third kappa shape index (κ3) is 4.65. The van der Waals surface area contributed by atoms with E-state index in [-0.39, 0.29) is 15.8 Å². The fraction of sp³-hybridized carbons (Fsp3) is 0.435. The second-order valence-electron chi connectivity index (χ2n) is 8.56. The molecular formula is C23H27N5O3S2. The van der Waals surface area contributed by atoms with Gasteiger partial charge in [0.15, 0.2) is 0 Å². The number of aromatic nitrogens is 3. The van der Waals surface area contributed by atoms with Crippen LogP contribution in [-0.4, -0.2) is 52.0 Å². The van der Waals surface area contributed by atoms with Crippen molar-refractivity contribution in [1.82, 2.24) is 24.0 Å². The maximum absolute atomic E-state index is 13.1. The summed E-state index contributed by atoms with van der Waals surface area (Å²) in [5, 5.41) is 4.59. The molecule has 0 radical (unpaired) electrons. The van der Waals surface area contributed by atoms with E-state index in [0.29, 0.717) is 31.2 Å². The molecule has 10 heteroatoms. The molecule has 1 unspecified atom stereocenters. The molecule has 2 aromatic heterocycles. The lowest BCUT2D eigenvalue weighted by Crippen LogP contribution is -2.35. The Morgan fingerprint density at radius 3 is 2.70 bits per heavy atom. The van der Waals surface area contributed by atoms with Gasteiger partial charge in [-0.3, -0.25) is 9.88 Å². The molecule has 1 atom stereocenters. The van der Waals surface area contributed by atoms with Crippen molar-refractivity contribution in [1.29, 1.82) is 0 Å². The molecule has 0 bridgehead atoms. The van der Waals surface area contributed by atoms with E-state index in [0.717, 1.165) is 38.6 Å². The number of pyridine rings is 1. The van der Waals surface area contributed by atoms with Gasteiger partial charge in [0.05, 0.1) is 11.6 Å². The fourth-order valence-electron chi connectivity index (χ4n) is 4.67. The number of sulfonamides is 1. The lowest BCUT2D eigenvalue weighted by Gasteiger charge is -2.25. The van der Waals surface area contributed by atoms with Crippen LogP contribution < -0.4 is 0 Å². The van der Waals surface area contributed by atoms with Crippen molar-refractivity contribution in [3.05, 3.63) is 59.2 Å². The number of hydrogen-bond acceptors (Lipinski definition) is 7. The highest BCUT2D eigenvalue weighted by molar-refractivity contribution is 7.89. The Hall–Kier alpha value is -2.40. The zero-order valence-corrected chi connectivity index (χ0v) is 20.0. The van der Waals surface area contributed by atoms with Crippen molar-refractivity contribution >= 4 is 22.2 Å². The first kappa shape index (κ1) is 22.4. The molecule has 1 aromatic carbocycles. The van der Waals surface area contributed by atoms with Crippen LogP contribution in [0.3, 0.4) is 0 Å². The molecule has 3 aromatic rings. The molecule has 5 rings (SSSR count). The predicted octanol–water partition coefficient (Wildman–Crippen LogP) is 4.24. The standard InChI is InChI=1S/C23H27N5O3S2/c29-33(30,27-13-2-1-3-14-27)20-9-4-7-18(15-20)22-25-28(23(32)31-22)17-26-12-6-10-21(26)19-8-5-11-24-16-19/h4-5,7-9,11,15-16,21H,1-3,6,10,12-14,17H2. The average molecular weight is 486 g/mol. The lowest BCUT2D eigenvalue weighted by atomic mass is 10.1. The SMILES string of the molecule is O=S(=O)(c1cccc(-c2nn(CN3CCCC3c3cccnc3)c(=S)o2)c1)N1CCCCC1. The lowest BCUT2D eigenvalue weighted by molar-refractivity contribution is 0.187. The summed E-state index contributed by atoms with van der Waals surface area (Å²) in [4.78, 5) is 7.10. The Kier molecular flexibility index (Phi) is 6.42. The van der Waals surface area contributed by atoms with Crippen LogP contribution in [0.1, 0.15) is 43.7 Å². The molecule has 4 heterocycles. The Morgan fingerprint density at radius 1 is 1.06 bits per heavy atom. The quantitative estimate of drug-likeness (QED) is 0.483. The predicted molar refractivity (Wildman–Crippen MR) is 126 cm³/mol. The van der Waals surface area contributed by atoms with E-state index >= 15 is 0 Å². The van der Waals surface area contributed by atoms with Crippen LogP contribution in [0.15, 0.2) is 58.1 Å². The first-order valence-electron chi connectivity index (χ1n) is 11.3. The smallest absolute Gasteiger partial charge is 0.288 e. The van der Waals surface area contributed by atoms with Gasteiger partial charge in [0.2, 0.25) is 15.9 Å². The van der Waals surface area contributed by atoms with Gasteiger partial charge in [-0.1, -0.05) is 18.6 Å². The molecule has 174 valence electrons. The summed E-state index contributed by atoms with van der Waals surface area (Å²) in [7, 11) is -3.54. The molecule has 2 aliphatic rings. The highest BCUT2D eigenvalue weighted by atomic mass is 32.2. The molecule has 2 saturated heterocycles. The van der Waals surface area contributed by atoms with E-state index in [9.17, 15) is 8.42 Å². The Labute approximate surface area is 198 Å². The third-order valence-corrected chi connectivity index (χ3v) is 8.58. The summed E-state index contributed by atoms with van der Waals surface area (Å²) in [5.74, 6) is 0.327. The van der Waals surface area contributed by atoms with E-state index in [1.54, 1.807) is 39.4 Å². The first-order valence-corrected chi connectivity index (χ1v) is 13.2. The highest BCUT2D eigenvalue weighted by Crippen LogP contribution is 2.32. The molecule has 33 heavy (non-hydrogen) atoms. The molecule has 8 nitrogen and oxygen atoms in total. The van der Waals surface area contributed by atoms with Crippen LogP contribution in [-0.2, 0) is 16.7 Å². The van der Waals surface area contributed by atoms with E-state index in [4.69, 9.17) is 16.6 Å². The van der Waals surface area contributed by atoms with Crippen molar-refractivity contribution in [3.63, 3.8) is 0 Å². The van der Waals surface area contributed by atoms with E-state index in [1.165, 1.54) is 5.56 Å². The minimum Gasteiger partial charge on any atom is -0.409 e. The minimum atomic E-state index is -3.54. The maximum atomic E-state index is 13.1. The second kappa shape index (κ2) is 9.46. The van der Waals surface area contributed by atoms with Gasteiger partial charge in [-0.15, -0.1) is 5.10 Å². The molecule has 0 N–H and O–H groups in total. The first-order chi connectivity index (χ1) is 16.0. The van der Waals surface area contributed by atoms with Crippen LogP contribution in [0, 0.1) is 4.84 Å². The number of likely N-dealkylation sites (tertiary alicyclic amines) is 1. The van der Waals surface area contributed by atoms with Crippen molar-refractivity contribution in [2.75, 3.05) is 19.6 Å². The normalized spacial score (nSPS) is 20.3. The summed E-state index contributed by atoms with van der Waals surface area (Å²) in [5.41, 5.74) is 1.78. The number of rotatable bonds is 6. The molecule has 2 fully saturated rings. The maximum Gasteiger partial charge on any atom is 0.288 e. The topological polar surface area (TPSA) is 84.5 Å². The minimum absolute atomic E-state index is 0.258. The van der Waals surface area contributed by atoms with Crippen LogP contribution in [0.5, 0.6) is 0 Å². The zero-order valence-electron chi connectivity index (χ0n) is 18.3. The molecule has 0 amide bonds. The summed E-state index contributed by atoms with van der Waals surface area (Å²) in [6.07, 6.45) is 8.70. The van der Waals surface area contributed by atoms with Gasteiger partial charge in [-0.2, -0.15) is 4.31 Å². The number of hydrogen-bond donors (Lipinski definition) is 0. The summed E-state index contributed by atoms with van der Waals surface area (Å²) in [6.45, 7) is 2.58. The number of benzene rings is 1. The van der Waals surface area contributed by atoms with Gasteiger partial charge in [0, 0.05) is 43.6 Å². The van der Waals surface area contributed by atoms with Gasteiger partial charge in [-0.05, 0) is 67.7 Å². The monoisotopic (exact) mass is 485 g/mol. The van der Waals surface area contributed by atoms with Gasteiger partial charge < -0.3 is 4.42 Å². The van der Waals surface area contributed by atoms with E-state index in [2.05, 4.69) is 21.0 Å². The summed E-state index contributed by atoms with van der Waals surface area (Å²) >= 11 is 5.44. The van der Waals surface area contributed by atoms with Crippen molar-refractivity contribution in [2.24, 2.45) is 0 Å². The number of piperidine rings is 1. The van der Waals surface area contributed by atoms with Crippen molar-refractivity contribution < 1.29 is 12.8 Å². The third-order valence-electron chi connectivity index (χ3n) is 6.39. The van der Waals surface area contributed by atoms with Crippen molar-refractivity contribution in [3.8, 4) is 11.5 Å². The van der Waals surface area contributed by atoms with E-state index in [1.807, 2.05) is 12.3 Å². The van der Waals surface area contributed by atoms with Gasteiger partial charge in [0.25, 0.3) is 4.84 Å². The molecule has 2 aliphatic heterocycles. The average Bonchev–Trinajstić information content (AvgIpc) is 3.47. The largest absolute Gasteiger partial charge is 0.409 e.